The average Bonchev–Trinajstić information content (AvgIpc) is 3.19. The Hall–Kier alpha value is -1.78. The van der Waals surface area contributed by atoms with Gasteiger partial charge in [0, 0.05) is 16.3 Å². The van der Waals surface area contributed by atoms with Crippen molar-refractivity contribution in [1.29, 1.82) is 0 Å². The molecule has 0 saturated carbocycles. The zero-order chi connectivity index (χ0) is 14.2. The Kier molecular flexibility index (Phi) is 3.20. The lowest BCUT2D eigenvalue weighted by molar-refractivity contribution is 0.632. The Bertz CT molecular complexity index is 790. The number of hydrogen-bond acceptors (Lipinski definition) is 3. The summed E-state index contributed by atoms with van der Waals surface area (Å²) in [5, 5.41) is 8.14. The van der Waals surface area contributed by atoms with Gasteiger partial charge < -0.3 is 5.32 Å². The molecule has 4 heteroatoms. The zero-order valence-electron chi connectivity index (χ0n) is 11.5. The largest absolute Gasteiger partial charge is 0.309 e. The van der Waals surface area contributed by atoms with Crippen LogP contribution < -0.4 is 5.32 Å². The van der Waals surface area contributed by atoms with Crippen molar-refractivity contribution in [3.05, 3.63) is 53.3 Å². The first-order valence-corrected chi connectivity index (χ1v) is 8.07. The van der Waals surface area contributed by atoms with Gasteiger partial charge in [-0.1, -0.05) is 24.3 Å². The second-order valence-electron chi connectivity index (χ2n) is 5.37. The van der Waals surface area contributed by atoms with Crippen molar-refractivity contribution in [2.45, 2.75) is 18.9 Å². The molecule has 2 aromatic carbocycles. The van der Waals surface area contributed by atoms with Gasteiger partial charge in [0.05, 0.1) is 11.7 Å². The highest BCUT2D eigenvalue weighted by Gasteiger charge is 2.20. The first kappa shape index (κ1) is 12.9. The molecule has 0 aliphatic carbocycles. The fourth-order valence-electron chi connectivity index (χ4n) is 2.96. The summed E-state index contributed by atoms with van der Waals surface area (Å²) in [6, 6.07) is 11.3. The fourth-order valence-corrected chi connectivity index (χ4v) is 3.87. The molecule has 1 fully saturated rings. The van der Waals surface area contributed by atoms with Crippen LogP contribution >= 0.6 is 11.3 Å². The van der Waals surface area contributed by atoms with Crippen LogP contribution in [0.3, 0.4) is 0 Å². The molecule has 1 atom stereocenters. The Morgan fingerprint density at radius 1 is 1.14 bits per heavy atom. The Balaban J connectivity index is 1.81. The maximum absolute atomic E-state index is 13.9. The molecule has 21 heavy (non-hydrogen) atoms. The number of nitrogens with one attached hydrogen (secondary N) is 1. The quantitative estimate of drug-likeness (QED) is 0.752. The monoisotopic (exact) mass is 298 g/mol. The molecular formula is C17H15FN2S. The van der Waals surface area contributed by atoms with Crippen molar-refractivity contribution in [2.75, 3.05) is 6.54 Å². The molecule has 1 aliphatic rings. The summed E-state index contributed by atoms with van der Waals surface area (Å²) >= 11 is 1.64. The summed E-state index contributed by atoms with van der Waals surface area (Å²) in [4.78, 5) is 4.78. The third-order valence-electron chi connectivity index (χ3n) is 4.04. The number of nitrogens with zero attached hydrogens (tertiary/aromatic N) is 1. The second-order valence-corrected chi connectivity index (χ2v) is 6.23. The Morgan fingerprint density at radius 2 is 2.00 bits per heavy atom. The van der Waals surface area contributed by atoms with E-state index < -0.39 is 0 Å². The zero-order valence-corrected chi connectivity index (χ0v) is 12.3. The van der Waals surface area contributed by atoms with Crippen LogP contribution in [0, 0.1) is 5.82 Å². The van der Waals surface area contributed by atoms with E-state index >= 15 is 0 Å². The molecule has 106 valence electrons. The maximum atomic E-state index is 13.9. The van der Waals surface area contributed by atoms with Crippen molar-refractivity contribution < 1.29 is 4.39 Å². The number of rotatable bonds is 2. The summed E-state index contributed by atoms with van der Waals surface area (Å²) < 4.78 is 13.9. The minimum absolute atomic E-state index is 0.177. The van der Waals surface area contributed by atoms with Crippen LogP contribution in [0.15, 0.2) is 41.8 Å². The second kappa shape index (κ2) is 5.20. The molecule has 0 bridgehead atoms. The number of benzene rings is 2. The van der Waals surface area contributed by atoms with Crippen molar-refractivity contribution in [2.24, 2.45) is 0 Å². The average molecular weight is 298 g/mol. The van der Waals surface area contributed by atoms with Crippen LogP contribution in [0.5, 0.6) is 0 Å². The van der Waals surface area contributed by atoms with E-state index in [9.17, 15) is 4.39 Å². The van der Waals surface area contributed by atoms with E-state index in [0.717, 1.165) is 34.6 Å². The van der Waals surface area contributed by atoms with E-state index in [0.29, 0.717) is 11.4 Å². The predicted octanol–water partition coefficient (Wildman–Crippen LogP) is 4.53. The molecule has 1 saturated heterocycles. The molecule has 4 rings (SSSR count). The molecular weight excluding hydrogens is 283 g/mol. The predicted molar refractivity (Wildman–Crippen MR) is 85.0 cm³/mol. The summed E-state index contributed by atoms with van der Waals surface area (Å²) in [7, 11) is 0. The standard InChI is InChI=1S/C17H15FN2S/c18-14-8-7-13(11-4-1-2-5-12(11)14)17-20-16(10-21-17)15-6-3-9-19-15/h1-2,4-5,7-8,10,15,19H,3,6,9H2. The Labute approximate surface area is 126 Å². The Morgan fingerprint density at radius 3 is 2.81 bits per heavy atom. The SMILES string of the molecule is Fc1ccc(-c2nc(C3CCCN3)cs2)c2ccccc12. The van der Waals surface area contributed by atoms with Gasteiger partial charge >= 0.3 is 0 Å². The normalized spacial score (nSPS) is 18.4. The van der Waals surface area contributed by atoms with E-state index in [1.165, 1.54) is 12.5 Å². The fraction of sp³-hybridized carbons (Fsp3) is 0.235. The summed E-state index contributed by atoms with van der Waals surface area (Å²) in [5.74, 6) is -0.177. The third kappa shape index (κ3) is 2.24. The first-order valence-electron chi connectivity index (χ1n) is 7.19. The van der Waals surface area contributed by atoms with E-state index in [4.69, 9.17) is 4.98 Å². The van der Waals surface area contributed by atoms with E-state index in [1.807, 2.05) is 30.3 Å². The van der Waals surface area contributed by atoms with Crippen molar-refractivity contribution in [3.8, 4) is 10.6 Å². The van der Waals surface area contributed by atoms with Crippen LogP contribution in [-0.2, 0) is 0 Å². The van der Waals surface area contributed by atoms with Crippen LogP contribution in [0.25, 0.3) is 21.3 Å². The summed E-state index contributed by atoms with van der Waals surface area (Å²) in [5.41, 5.74) is 2.13. The third-order valence-corrected chi connectivity index (χ3v) is 4.93. The molecule has 1 aliphatic heterocycles. The maximum Gasteiger partial charge on any atom is 0.131 e. The molecule has 2 nitrogen and oxygen atoms in total. The van der Waals surface area contributed by atoms with Crippen molar-refractivity contribution in [3.63, 3.8) is 0 Å². The number of thiazole rings is 1. The van der Waals surface area contributed by atoms with Gasteiger partial charge in [-0.25, -0.2) is 9.37 Å². The van der Waals surface area contributed by atoms with Gasteiger partial charge in [-0.2, -0.15) is 0 Å². The van der Waals surface area contributed by atoms with Crippen molar-refractivity contribution >= 4 is 22.1 Å². The molecule has 3 aromatic rings. The van der Waals surface area contributed by atoms with Gasteiger partial charge in [0.1, 0.15) is 10.8 Å². The van der Waals surface area contributed by atoms with Gasteiger partial charge in [-0.05, 0) is 36.9 Å². The van der Waals surface area contributed by atoms with Gasteiger partial charge in [0.25, 0.3) is 0 Å². The molecule has 0 radical (unpaired) electrons. The summed E-state index contributed by atoms with van der Waals surface area (Å²) in [6.45, 7) is 1.07. The highest BCUT2D eigenvalue weighted by atomic mass is 32.1. The van der Waals surface area contributed by atoms with Gasteiger partial charge in [-0.3, -0.25) is 0 Å². The topological polar surface area (TPSA) is 24.9 Å². The van der Waals surface area contributed by atoms with Crippen LogP contribution in [-0.4, -0.2) is 11.5 Å². The van der Waals surface area contributed by atoms with E-state index in [2.05, 4.69) is 10.7 Å². The smallest absolute Gasteiger partial charge is 0.131 e. The van der Waals surface area contributed by atoms with Gasteiger partial charge in [0.2, 0.25) is 0 Å². The van der Waals surface area contributed by atoms with Crippen LogP contribution in [0.2, 0.25) is 0 Å². The van der Waals surface area contributed by atoms with E-state index in [-0.39, 0.29) is 5.82 Å². The molecule has 1 aromatic heterocycles. The minimum Gasteiger partial charge on any atom is -0.309 e. The number of hydrogen-bond donors (Lipinski definition) is 1. The summed E-state index contributed by atoms with van der Waals surface area (Å²) in [6.07, 6.45) is 2.35. The van der Waals surface area contributed by atoms with Gasteiger partial charge in [0.15, 0.2) is 0 Å². The first-order chi connectivity index (χ1) is 10.3. The highest BCUT2D eigenvalue weighted by molar-refractivity contribution is 7.13. The number of fused-ring (bicyclic) bond motifs is 1. The lowest BCUT2D eigenvalue weighted by Gasteiger charge is -2.06. The molecule has 1 N–H and O–H groups in total. The van der Waals surface area contributed by atoms with E-state index in [1.54, 1.807) is 11.3 Å². The number of halogens is 1. The minimum atomic E-state index is -0.177. The number of aromatic nitrogens is 1. The van der Waals surface area contributed by atoms with Crippen molar-refractivity contribution in [1.82, 2.24) is 10.3 Å². The van der Waals surface area contributed by atoms with Gasteiger partial charge in [-0.15, -0.1) is 11.3 Å². The lowest BCUT2D eigenvalue weighted by atomic mass is 10.0. The van der Waals surface area contributed by atoms with Crippen LogP contribution in [0.4, 0.5) is 4.39 Å². The molecule has 0 spiro atoms. The van der Waals surface area contributed by atoms with Crippen LogP contribution in [0.1, 0.15) is 24.6 Å². The molecule has 1 unspecified atom stereocenters. The highest BCUT2D eigenvalue weighted by Crippen LogP contribution is 2.34. The molecule has 0 amide bonds. The lowest BCUT2D eigenvalue weighted by Crippen LogP contribution is -2.12. The molecule has 2 heterocycles.